The summed E-state index contributed by atoms with van der Waals surface area (Å²) >= 11 is 0. The molecule has 0 saturated carbocycles. The molecule has 0 saturated heterocycles. The van der Waals surface area contributed by atoms with Gasteiger partial charge < -0.3 is 9.84 Å². The summed E-state index contributed by atoms with van der Waals surface area (Å²) < 4.78 is 5.58. The number of carbonyl (C=O) groups is 1. The Kier molecular flexibility index (Phi) is 7.07. The Bertz CT molecular complexity index is 967. The third kappa shape index (κ3) is 5.58. The van der Waals surface area contributed by atoms with E-state index in [4.69, 9.17) is 4.74 Å². The van der Waals surface area contributed by atoms with Gasteiger partial charge in [-0.1, -0.05) is 66.7 Å². The van der Waals surface area contributed by atoms with E-state index in [2.05, 4.69) is 54.6 Å². The number of hydrogen-bond acceptors (Lipinski definition) is 3. The molecule has 0 fully saturated rings. The van der Waals surface area contributed by atoms with Crippen molar-refractivity contribution in [2.24, 2.45) is 5.41 Å². The molecule has 0 bridgehead atoms. The van der Waals surface area contributed by atoms with Gasteiger partial charge in [-0.3, -0.25) is 4.79 Å². The normalized spacial score (nSPS) is 11.3. The average molecular weight is 403 g/mol. The van der Waals surface area contributed by atoms with Gasteiger partial charge in [0.05, 0.1) is 5.41 Å². The van der Waals surface area contributed by atoms with Crippen molar-refractivity contribution in [1.82, 2.24) is 0 Å². The van der Waals surface area contributed by atoms with E-state index in [1.807, 2.05) is 39.0 Å². The van der Waals surface area contributed by atoms with Crippen LogP contribution in [0.4, 0.5) is 0 Å². The molecule has 156 valence electrons. The van der Waals surface area contributed by atoms with Crippen LogP contribution < -0.4 is 0 Å². The number of hydrogen-bond donors (Lipinski definition) is 1. The Morgan fingerprint density at radius 2 is 1.37 bits per heavy atom. The lowest BCUT2D eigenvalue weighted by Gasteiger charge is -2.18. The summed E-state index contributed by atoms with van der Waals surface area (Å²) in [4.78, 5) is 12.2. The fourth-order valence-electron chi connectivity index (χ4n) is 3.30. The molecule has 1 N–H and O–H groups in total. The van der Waals surface area contributed by atoms with Gasteiger partial charge in [0.25, 0.3) is 0 Å². The van der Waals surface area contributed by atoms with Gasteiger partial charge in [-0.15, -0.1) is 0 Å². The summed E-state index contributed by atoms with van der Waals surface area (Å²) in [6.45, 7) is 5.95. The molecule has 0 aliphatic carbocycles. The van der Waals surface area contributed by atoms with Crippen LogP contribution in [0.2, 0.25) is 0 Å². The van der Waals surface area contributed by atoms with Crippen LogP contribution in [0, 0.1) is 5.41 Å². The van der Waals surface area contributed by atoms with Gasteiger partial charge in [-0.2, -0.15) is 0 Å². The highest BCUT2D eigenvalue weighted by Gasteiger charge is 2.23. The quantitative estimate of drug-likeness (QED) is 0.491. The van der Waals surface area contributed by atoms with Crippen molar-refractivity contribution in [2.75, 3.05) is 6.61 Å². The first-order valence-corrected chi connectivity index (χ1v) is 10.4. The van der Waals surface area contributed by atoms with Crippen molar-refractivity contribution in [3.05, 3.63) is 83.9 Å². The van der Waals surface area contributed by atoms with Crippen LogP contribution in [-0.4, -0.2) is 17.7 Å². The molecule has 30 heavy (non-hydrogen) atoms. The topological polar surface area (TPSA) is 46.5 Å². The monoisotopic (exact) mass is 402 g/mol. The molecule has 3 heteroatoms. The first kappa shape index (κ1) is 21.8. The van der Waals surface area contributed by atoms with E-state index in [0.29, 0.717) is 6.42 Å². The SMILES string of the molecule is CC(C)(C)C(=O)OCc1cc(-c2ccc(-c3ccccc3)cc2)ccc1CCCO. The molecule has 3 rings (SSSR count). The van der Waals surface area contributed by atoms with Gasteiger partial charge in [0, 0.05) is 6.61 Å². The molecule has 3 aromatic rings. The number of aliphatic hydroxyl groups excluding tert-OH is 1. The highest BCUT2D eigenvalue weighted by Crippen LogP contribution is 2.28. The Balaban J connectivity index is 1.85. The lowest BCUT2D eigenvalue weighted by atomic mass is 9.95. The number of esters is 1. The van der Waals surface area contributed by atoms with Crippen LogP contribution >= 0.6 is 0 Å². The van der Waals surface area contributed by atoms with Crippen molar-refractivity contribution in [2.45, 2.75) is 40.2 Å². The summed E-state index contributed by atoms with van der Waals surface area (Å²) in [6.07, 6.45) is 1.44. The molecule has 0 spiro atoms. The van der Waals surface area contributed by atoms with Crippen molar-refractivity contribution >= 4 is 5.97 Å². The van der Waals surface area contributed by atoms with Crippen LogP contribution in [0.5, 0.6) is 0 Å². The molecule has 0 atom stereocenters. The fourth-order valence-corrected chi connectivity index (χ4v) is 3.30. The lowest BCUT2D eigenvalue weighted by Crippen LogP contribution is -2.23. The number of aryl methyl sites for hydroxylation is 1. The molecular weight excluding hydrogens is 372 g/mol. The zero-order valence-corrected chi connectivity index (χ0v) is 18.0. The minimum atomic E-state index is -0.532. The van der Waals surface area contributed by atoms with E-state index in [0.717, 1.165) is 28.7 Å². The zero-order chi connectivity index (χ0) is 21.6. The number of benzene rings is 3. The van der Waals surface area contributed by atoms with Gasteiger partial charge in [-0.25, -0.2) is 0 Å². The first-order valence-electron chi connectivity index (χ1n) is 10.4. The van der Waals surface area contributed by atoms with Crippen molar-refractivity contribution in [1.29, 1.82) is 0 Å². The summed E-state index contributed by atoms with van der Waals surface area (Å²) in [6, 6.07) is 25.1. The molecule has 0 aliphatic heterocycles. The summed E-state index contributed by atoms with van der Waals surface area (Å²) in [5.74, 6) is -0.215. The maximum Gasteiger partial charge on any atom is 0.311 e. The summed E-state index contributed by atoms with van der Waals surface area (Å²) in [7, 11) is 0. The number of ether oxygens (including phenoxy) is 1. The van der Waals surface area contributed by atoms with Crippen LogP contribution in [0.3, 0.4) is 0 Å². The van der Waals surface area contributed by atoms with E-state index >= 15 is 0 Å². The predicted octanol–water partition coefficient (Wildman–Crippen LogP) is 6.03. The van der Waals surface area contributed by atoms with E-state index in [1.165, 1.54) is 11.1 Å². The summed E-state index contributed by atoms with van der Waals surface area (Å²) in [5.41, 5.74) is 6.14. The van der Waals surface area contributed by atoms with Crippen LogP contribution in [0.1, 0.15) is 38.3 Å². The molecule has 3 aromatic carbocycles. The van der Waals surface area contributed by atoms with Crippen LogP contribution in [0.25, 0.3) is 22.3 Å². The average Bonchev–Trinajstić information content (AvgIpc) is 2.76. The predicted molar refractivity (Wildman–Crippen MR) is 122 cm³/mol. The van der Waals surface area contributed by atoms with E-state index in [1.54, 1.807) is 0 Å². The molecule has 0 aliphatic rings. The Morgan fingerprint density at radius 1 is 0.800 bits per heavy atom. The Hall–Kier alpha value is -2.91. The second-order valence-corrected chi connectivity index (χ2v) is 8.58. The first-order chi connectivity index (χ1) is 14.4. The minimum Gasteiger partial charge on any atom is -0.460 e. The van der Waals surface area contributed by atoms with Gasteiger partial charge in [0.2, 0.25) is 0 Å². The van der Waals surface area contributed by atoms with Crippen molar-refractivity contribution in [3.63, 3.8) is 0 Å². The highest BCUT2D eigenvalue weighted by atomic mass is 16.5. The van der Waals surface area contributed by atoms with E-state index in [-0.39, 0.29) is 19.2 Å². The van der Waals surface area contributed by atoms with Gasteiger partial charge in [-0.05, 0) is 73.1 Å². The lowest BCUT2D eigenvalue weighted by molar-refractivity contribution is -0.154. The molecular formula is C27H30O3. The molecule has 0 amide bonds. The number of aliphatic hydroxyl groups is 1. The standard InChI is InChI=1S/C27H30O3/c1-27(2,3)26(29)30-19-25-18-24(16-15-21(25)10-7-17-28)23-13-11-22(12-14-23)20-8-5-4-6-9-20/h4-6,8-9,11-16,18,28H,7,10,17,19H2,1-3H3. The largest absolute Gasteiger partial charge is 0.460 e. The third-order valence-corrected chi connectivity index (χ3v) is 5.11. The molecule has 0 unspecified atom stereocenters. The molecule has 0 aromatic heterocycles. The zero-order valence-electron chi connectivity index (χ0n) is 18.0. The maximum absolute atomic E-state index is 12.2. The smallest absolute Gasteiger partial charge is 0.311 e. The molecule has 3 nitrogen and oxygen atoms in total. The van der Waals surface area contributed by atoms with Crippen molar-refractivity contribution in [3.8, 4) is 22.3 Å². The molecule has 0 radical (unpaired) electrons. The highest BCUT2D eigenvalue weighted by molar-refractivity contribution is 5.75. The maximum atomic E-state index is 12.2. The number of rotatable bonds is 7. The number of carbonyl (C=O) groups excluding carboxylic acids is 1. The minimum absolute atomic E-state index is 0.143. The van der Waals surface area contributed by atoms with Gasteiger partial charge in [0.1, 0.15) is 6.61 Å². The Labute approximate surface area is 179 Å². The van der Waals surface area contributed by atoms with E-state index in [9.17, 15) is 9.90 Å². The fraction of sp³-hybridized carbons (Fsp3) is 0.296. The van der Waals surface area contributed by atoms with E-state index < -0.39 is 5.41 Å². The van der Waals surface area contributed by atoms with Gasteiger partial charge in [0.15, 0.2) is 0 Å². The second kappa shape index (κ2) is 9.73. The third-order valence-electron chi connectivity index (χ3n) is 5.11. The Morgan fingerprint density at radius 3 is 1.97 bits per heavy atom. The van der Waals surface area contributed by atoms with Crippen molar-refractivity contribution < 1.29 is 14.6 Å². The summed E-state index contributed by atoms with van der Waals surface area (Å²) in [5, 5.41) is 9.21. The van der Waals surface area contributed by atoms with Crippen LogP contribution in [0.15, 0.2) is 72.8 Å². The van der Waals surface area contributed by atoms with Crippen LogP contribution in [-0.2, 0) is 22.6 Å². The van der Waals surface area contributed by atoms with Gasteiger partial charge >= 0.3 is 5.97 Å². The molecule has 0 heterocycles. The second-order valence-electron chi connectivity index (χ2n) is 8.58.